The van der Waals surface area contributed by atoms with Crippen LogP contribution in [0.3, 0.4) is 0 Å². The summed E-state index contributed by atoms with van der Waals surface area (Å²) in [5.41, 5.74) is 2.69. The van der Waals surface area contributed by atoms with Crippen molar-refractivity contribution in [1.29, 1.82) is 0 Å². The normalized spacial score (nSPS) is 10.6. The SMILES string of the molecule is CC(=O)c1cc2ccccc2n(NC(=O)c2ccccc2Cl)c1=O. The molecule has 5 nitrogen and oxygen atoms in total. The number of hydrogen-bond donors (Lipinski definition) is 1. The maximum Gasteiger partial charge on any atom is 0.280 e. The van der Waals surface area contributed by atoms with E-state index in [4.69, 9.17) is 11.6 Å². The second-order valence-electron chi connectivity index (χ2n) is 5.23. The number of carbonyl (C=O) groups is 2. The summed E-state index contributed by atoms with van der Waals surface area (Å²) < 4.78 is 1.08. The summed E-state index contributed by atoms with van der Waals surface area (Å²) in [6.45, 7) is 1.31. The first kappa shape index (κ1) is 16.0. The average molecular weight is 341 g/mol. The van der Waals surface area contributed by atoms with E-state index in [1.54, 1.807) is 48.5 Å². The summed E-state index contributed by atoms with van der Waals surface area (Å²) in [7, 11) is 0. The van der Waals surface area contributed by atoms with E-state index in [0.717, 1.165) is 4.68 Å². The van der Waals surface area contributed by atoms with Crippen LogP contribution in [0.1, 0.15) is 27.6 Å². The molecule has 0 saturated carbocycles. The van der Waals surface area contributed by atoms with Crippen LogP contribution in [-0.4, -0.2) is 16.4 Å². The lowest BCUT2D eigenvalue weighted by Gasteiger charge is -2.13. The van der Waals surface area contributed by atoms with Gasteiger partial charge >= 0.3 is 0 Å². The van der Waals surface area contributed by atoms with E-state index < -0.39 is 11.5 Å². The number of ketones is 1. The molecule has 3 rings (SSSR count). The number of pyridine rings is 1. The molecule has 1 aromatic heterocycles. The van der Waals surface area contributed by atoms with Crippen molar-refractivity contribution < 1.29 is 9.59 Å². The van der Waals surface area contributed by atoms with Crippen molar-refractivity contribution in [3.8, 4) is 0 Å². The van der Waals surface area contributed by atoms with Crippen molar-refractivity contribution in [3.05, 3.63) is 81.1 Å². The lowest BCUT2D eigenvalue weighted by Crippen LogP contribution is -2.36. The van der Waals surface area contributed by atoms with Crippen molar-refractivity contribution in [2.75, 3.05) is 5.43 Å². The van der Waals surface area contributed by atoms with Gasteiger partial charge < -0.3 is 0 Å². The molecule has 0 aliphatic carbocycles. The highest BCUT2D eigenvalue weighted by atomic mass is 35.5. The van der Waals surface area contributed by atoms with Crippen LogP contribution < -0.4 is 11.0 Å². The molecule has 120 valence electrons. The highest BCUT2D eigenvalue weighted by Gasteiger charge is 2.16. The second-order valence-corrected chi connectivity index (χ2v) is 5.64. The Hall–Kier alpha value is -2.92. The molecule has 1 heterocycles. The Morgan fingerprint density at radius 1 is 1.00 bits per heavy atom. The molecule has 0 atom stereocenters. The Balaban J connectivity index is 2.17. The van der Waals surface area contributed by atoms with E-state index in [9.17, 15) is 14.4 Å². The molecular formula is C18H13ClN2O3. The van der Waals surface area contributed by atoms with Gasteiger partial charge in [-0.3, -0.25) is 19.8 Å². The fourth-order valence-corrected chi connectivity index (χ4v) is 2.65. The summed E-state index contributed by atoms with van der Waals surface area (Å²) in [6.07, 6.45) is 0. The van der Waals surface area contributed by atoms with Crippen molar-refractivity contribution in [2.45, 2.75) is 6.92 Å². The molecule has 3 aromatic rings. The van der Waals surface area contributed by atoms with E-state index in [2.05, 4.69) is 5.43 Å². The molecule has 0 unspecified atom stereocenters. The Bertz CT molecular complexity index is 1020. The molecule has 0 fully saturated rings. The molecule has 0 aliphatic heterocycles. The van der Waals surface area contributed by atoms with Crippen LogP contribution in [-0.2, 0) is 0 Å². The summed E-state index contributed by atoms with van der Waals surface area (Å²) in [5.74, 6) is -0.903. The summed E-state index contributed by atoms with van der Waals surface area (Å²) in [6, 6.07) is 15.0. The van der Waals surface area contributed by atoms with Gasteiger partial charge in [-0.05, 0) is 31.2 Å². The lowest BCUT2D eigenvalue weighted by molar-refractivity contribution is 0.0995. The molecule has 0 bridgehead atoms. The predicted octanol–water partition coefficient (Wildman–Crippen LogP) is 3.24. The number of benzene rings is 2. The minimum absolute atomic E-state index is 0.00755. The van der Waals surface area contributed by atoms with Gasteiger partial charge in [-0.25, -0.2) is 4.68 Å². The summed E-state index contributed by atoms with van der Waals surface area (Å²) >= 11 is 6.02. The number of rotatable bonds is 3. The number of halogens is 1. The molecule has 1 N–H and O–H groups in total. The molecule has 0 aliphatic rings. The number of nitrogens with zero attached hydrogens (tertiary/aromatic N) is 1. The minimum Gasteiger partial charge on any atom is -0.294 e. The van der Waals surface area contributed by atoms with Crippen LogP contribution in [0, 0.1) is 0 Å². The van der Waals surface area contributed by atoms with Gasteiger partial charge in [0.15, 0.2) is 5.78 Å². The quantitative estimate of drug-likeness (QED) is 0.744. The molecule has 1 amide bonds. The topological polar surface area (TPSA) is 68.2 Å². The van der Waals surface area contributed by atoms with Crippen LogP contribution in [0.2, 0.25) is 5.02 Å². The van der Waals surface area contributed by atoms with Crippen LogP contribution in [0.15, 0.2) is 59.4 Å². The second kappa shape index (κ2) is 6.29. The monoisotopic (exact) mass is 340 g/mol. The average Bonchev–Trinajstić information content (AvgIpc) is 2.57. The fraction of sp³-hybridized carbons (Fsp3) is 0.0556. The standard InChI is InChI=1S/C18H13ClN2O3/c1-11(22)14-10-12-6-2-5-9-16(12)21(18(14)24)20-17(23)13-7-3-4-8-15(13)19/h2-10H,1H3,(H,20,23). The Kier molecular flexibility index (Phi) is 4.18. The molecule has 0 saturated heterocycles. The smallest absolute Gasteiger partial charge is 0.280 e. The molecule has 0 radical (unpaired) electrons. The molecule has 0 spiro atoms. The van der Waals surface area contributed by atoms with Gasteiger partial charge in [-0.15, -0.1) is 0 Å². The van der Waals surface area contributed by atoms with E-state index >= 15 is 0 Å². The first-order valence-corrected chi connectivity index (χ1v) is 7.58. The number of carbonyl (C=O) groups excluding carboxylic acids is 2. The van der Waals surface area contributed by atoms with E-state index in [1.165, 1.54) is 13.0 Å². The fourth-order valence-electron chi connectivity index (χ4n) is 2.43. The Morgan fingerprint density at radius 3 is 2.38 bits per heavy atom. The first-order chi connectivity index (χ1) is 11.5. The highest BCUT2D eigenvalue weighted by molar-refractivity contribution is 6.34. The number of Topliss-reactive ketones (excluding diaryl/α,β-unsaturated/α-hetero) is 1. The van der Waals surface area contributed by atoms with Gasteiger partial charge in [0.1, 0.15) is 0 Å². The third-order valence-electron chi connectivity index (χ3n) is 3.62. The van der Waals surface area contributed by atoms with Gasteiger partial charge in [0.05, 0.1) is 21.7 Å². The summed E-state index contributed by atoms with van der Waals surface area (Å²) in [5, 5.41) is 0.942. The van der Waals surface area contributed by atoms with Crippen molar-refractivity contribution in [1.82, 2.24) is 4.68 Å². The number of fused-ring (bicyclic) bond motifs is 1. The highest BCUT2D eigenvalue weighted by Crippen LogP contribution is 2.16. The van der Waals surface area contributed by atoms with E-state index in [-0.39, 0.29) is 21.9 Å². The van der Waals surface area contributed by atoms with Crippen LogP contribution in [0.25, 0.3) is 10.9 Å². The van der Waals surface area contributed by atoms with Crippen molar-refractivity contribution in [3.63, 3.8) is 0 Å². The van der Waals surface area contributed by atoms with E-state index in [0.29, 0.717) is 10.9 Å². The third kappa shape index (κ3) is 2.81. The number of amides is 1. The van der Waals surface area contributed by atoms with Crippen LogP contribution >= 0.6 is 11.6 Å². The third-order valence-corrected chi connectivity index (χ3v) is 3.95. The van der Waals surface area contributed by atoms with Crippen LogP contribution in [0.5, 0.6) is 0 Å². The Morgan fingerprint density at radius 2 is 1.67 bits per heavy atom. The van der Waals surface area contributed by atoms with Crippen LogP contribution in [0.4, 0.5) is 0 Å². The lowest BCUT2D eigenvalue weighted by atomic mass is 10.1. The zero-order valence-corrected chi connectivity index (χ0v) is 13.5. The molecule has 6 heteroatoms. The zero-order valence-electron chi connectivity index (χ0n) is 12.7. The first-order valence-electron chi connectivity index (χ1n) is 7.20. The molecular weight excluding hydrogens is 328 g/mol. The largest absolute Gasteiger partial charge is 0.294 e. The number of para-hydroxylation sites is 1. The maximum atomic E-state index is 12.6. The maximum absolute atomic E-state index is 12.6. The molecule has 2 aromatic carbocycles. The van der Waals surface area contributed by atoms with Gasteiger partial charge in [0.2, 0.25) is 0 Å². The Labute approximate surface area is 142 Å². The number of aromatic nitrogens is 1. The van der Waals surface area contributed by atoms with Gasteiger partial charge in [0.25, 0.3) is 11.5 Å². The minimum atomic E-state index is -0.582. The van der Waals surface area contributed by atoms with Gasteiger partial charge in [-0.1, -0.05) is 41.9 Å². The molecule has 24 heavy (non-hydrogen) atoms. The predicted molar refractivity (Wildman–Crippen MR) is 93.4 cm³/mol. The van der Waals surface area contributed by atoms with Gasteiger partial charge in [0, 0.05) is 5.39 Å². The summed E-state index contributed by atoms with van der Waals surface area (Å²) in [4.78, 5) is 36.8. The van der Waals surface area contributed by atoms with E-state index in [1.807, 2.05) is 0 Å². The number of nitrogens with one attached hydrogen (secondary N) is 1. The number of hydrogen-bond acceptors (Lipinski definition) is 3. The zero-order chi connectivity index (χ0) is 17.3. The van der Waals surface area contributed by atoms with Gasteiger partial charge in [-0.2, -0.15) is 0 Å². The van der Waals surface area contributed by atoms with Crippen molar-refractivity contribution in [2.24, 2.45) is 0 Å². The van der Waals surface area contributed by atoms with Crippen molar-refractivity contribution >= 4 is 34.2 Å².